The van der Waals surface area contributed by atoms with E-state index in [1.54, 1.807) is 0 Å². The number of hydrogen-bond donors (Lipinski definition) is 0. The summed E-state index contributed by atoms with van der Waals surface area (Å²) < 4.78 is 13.1. The predicted octanol–water partition coefficient (Wildman–Crippen LogP) is 2.51. The number of carbonyl (C=O) groups excluding carboxylic acids is 1. The van der Waals surface area contributed by atoms with Crippen LogP contribution in [0.4, 0.5) is 10.3 Å². The molecule has 2 fully saturated rings. The van der Waals surface area contributed by atoms with Crippen molar-refractivity contribution in [1.29, 1.82) is 0 Å². The van der Waals surface area contributed by atoms with Crippen molar-refractivity contribution in [1.82, 2.24) is 14.9 Å². The van der Waals surface area contributed by atoms with E-state index in [0.29, 0.717) is 24.3 Å². The number of nitrogens with zero attached hydrogens (tertiary/aromatic N) is 5. The van der Waals surface area contributed by atoms with E-state index in [0.717, 1.165) is 38.2 Å². The maximum Gasteiger partial charge on any atom is 0.256 e. The first kappa shape index (κ1) is 17.4. The molecule has 3 heterocycles. The fourth-order valence-electron chi connectivity index (χ4n) is 4.84. The zero-order valence-electron chi connectivity index (χ0n) is 15.7. The molecule has 2 aliphatic heterocycles. The average Bonchev–Trinajstić information content (AvgIpc) is 3.25. The molecule has 7 heteroatoms. The number of amides is 1. The van der Waals surface area contributed by atoms with Gasteiger partial charge in [0.25, 0.3) is 5.91 Å². The van der Waals surface area contributed by atoms with Gasteiger partial charge in [0.2, 0.25) is 5.95 Å². The Hall–Kier alpha value is -2.05. The molecule has 1 aliphatic carbocycles. The Balaban J connectivity index is 1.60. The molecule has 0 bridgehead atoms. The van der Waals surface area contributed by atoms with E-state index in [4.69, 9.17) is 4.99 Å². The Kier molecular flexibility index (Phi) is 4.20. The van der Waals surface area contributed by atoms with Gasteiger partial charge < -0.3 is 4.90 Å². The number of anilines is 1. The van der Waals surface area contributed by atoms with Gasteiger partial charge in [0, 0.05) is 32.0 Å². The van der Waals surface area contributed by atoms with E-state index in [9.17, 15) is 9.18 Å². The Bertz CT molecular complexity index is 734. The zero-order chi connectivity index (χ0) is 18.5. The van der Waals surface area contributed by atoms with Crippen LogP contribution >= 0.6 is 0 Å². The van der Waals surface area contributed by atoms with Crippen LogP contribution in [0, 0.1) is 23.6 Å². The summed E-state index contributed by atoms with van der Waals surface area (Å²) in [6.45, 7) is 8.58. The van der Waals surface area contributed by atoms with Gasteiger partial charge in [-0.05, 0) is 24.7 Å². The van der Waals surface area contributed by atoms with E-state index in [-0.39, 0.29) is 11.8 Å². The van der Waals surface area contributed by atoms with Crippen LogP contribution < -0.4 is 4.90 Å². The second-order valence-corrected chi connectivity index (χ2v) is 8.13. The smallest absolute Gasteiger partial charge is 0.256 e. The van der Waals surface area contributed by atoms with Gasteiger partial charge in [-0.2, -0.15) is 0 Å². The number of halogens is 1. The predicted molar refractivity (Wildman–Crippen MR) is 97.4 cm³/mol. The lowest BCUT2D eigenvalue weighted by molar-refractivity contribution is -0.132. The summed E-state index contributed by atoms with van der Waals surface area (Å²) in [5.74, 6) is 2.22. The summed E-state index contributed by atoms with van der Waals surface area (Å²) in [6, 6.07) is 0. The Morgan fingerprint density at radius 2 is 2.04 bits per heavy atom. The maximum absolute atomic E-state index is 13.4. The number of carbonyl (C=O) groups is 1. The molecule has 0 N–H and O–H groups in total. The van der Waals surface area contributed by atoms with Crippen LogP contribution in [0.25, 0.3) is 0 Å². The first-order chi connectivity index (χ1) is 12.4. The van der Waals surface area contributed by atoms with Gasteiger partial charge in [-0.3, -0.25) is 14.7 Å². The summed E-state index contributed by atoms with van der Waals surface area (Å²) in [6.07, 6.45) is 5.00. The normalized spacial score (nSPS) is 30.7. The molecule has 3 atom stereocenters. The lowest BCUT2D eigenvalue weighted by Crippen LogP contribution is -2.47. The number of rotatable bonds is 4. The maximum atomic E-state index is 13.4. The van der Waals surface area contributed by atoms with Crippen LogP contribution in [-0.4, -0.2) is 51.8 Å². The number of fused-ring (bicyclic) bond motifs is 2. The minimum Gasteiger partial charge on any atom is -0.340 e. The van der Waals surface area contributed by atoms with E-state index < -0.39 is 11.4 Å². The van der Waals surface area contributed by atoms with Crippen LogP contribution in [-0.2, 0) is 4.79 Å². The summed E-state index contributed by atoms with van der Waals surface area (Å²) in [5.41, 5.74) is -0.611. The third kappa shape index (κ3) is 2.59. The van der Waals surface area contributed by atoms with Crippen molar-refractivity contribution in [2.24, 2.45) is 22.7 Å². The van der Waals surface area contributed by atoms with Crippen LogP contribution in [0.3, 0.4) is 0 Å². The van der Waals surface area contributed by atoms with Crippen molar-refractivity contribution < 1.29 is 9.18 Å². The van der Waals surface area contributed by atoms with Gasteiger partial charge in [-0.15, -0.1) is 0 Å². The van der Waals surface area contributed by atoms with Gasteiger partial charge in [-0.1, -0.05) is 20.8 Å². The van der Waals surface area contributed by atoms with E-state index in [2.05, 4.69) is 35.6 Å². The largest absolute Gasteiger partial charge is 0.340 e. The van der Waals surface area contributed by atoms with Crippen molar-refractivity contribution >= 4 is 17.7 Å². The SMILES string of the molecule is CCC1=N[C@]2(CC[C@H]3CN(c4ncc(F)cn4)C[C@H]32)C(=O)N1CC(C)C. The Morgan fingerprint density at radius 3 is 2.69 bits per heavy atom. The second-order valence-electron chi connectivity index (χ2n) is 8.13. The fourth-order valence-corrected chi connectivity index (χ4v) is 4.84. The Labute approximate surface area is 153 Å². The van der Waals surface area contributed by atoms with Gasteiger partial charge in [-0.25, -0.2) is 14.4 Å². The molecule has 0 unspecified atom stereocenters. The van der Waals surface area contributed by atoms with Crippen molar-refractivity contribution in [3.63, 3.8) is 0 Å². The molecule has 0 radical (unpaired) electrons. The van der Waals surface area contributed by atoms with Crippen molar-refractivity contribution in [3.8, 4) is 0 Å². The quantitative estimate of drug-likeness (QED) is 0.829. The van der Waals surface area contributed by atoms with Crippen LogP contribution in [0.1, 0.15) is 40.0 Å². The lowest BCUT2D eigenvalue weighted by Gasteiger charge is -2.28. The molecule has 140 valence electrons. The number of aliphatic imine (C=N–C) groups is 1. The van der Waals surface area contributed by atoms with Crippen LogP contribution in [0.2, 0.25) is 0 Å². The van der Waals surface area contributed by atoms with E-state index >= 15 is 0 Å². The highest BCUT2D eigenvalue weighted by atomic mass is 19.1. The first-order valence-electron chi connectivity index (χ1n) is 9.57. The van der Waals surface area contributed by atoms with Crippen molar-refractivity contribution in [2.75, 3.05) is 24.5 Å². The fraction of sp³-hybridized carbons (Fsp3) is 0.684. The minimum absolute atomic E-state index is 0.178. The standard InChI is InChI=1S/C19H26FN5O/c1-4-16-23-19(17(26)25(16)9-12(2)3)6-5-13-10-24(11-15(13)19)18-21-7-14(20)8-22-18/h7-8,12-13,15H,4-6,9-11H2,1-3H3/t13-,15+,19-/m0/s1. The molecule has 26 heavy (non-hydrogen) atoms. The summed E-state index contributed by atoms with van der Waals surface area (Å²) in [5, 5.41) is 0. The van der Waals surface area contributed by atoms with Gasteiger partial charge in [0.1, 0.15) is 11.4 Å². The van der Waals surface area contributed by atoms with E-state index in [1.807, 2.05) is 4.90 Å². The molecule has 6 nitrogen and oxygen atoms in total. The van der Waals surface area contributed by atoms with Crippen molar-refractivity contribution in [3.05, 3.63) is 18.2 Å². The molecule has 1 aromatic heterocycles. The monoisotopic (exact) mass is 359 g/mol. The second kappa shape index (κ2) is 6.28. The molecular formula is C19H26FN5O. The third-order valence-electron chi connectivity index (χ3n) is 5.96. The molecule has 0 aromatic carbocycles. The van der Waals surface area contributed by atoms with Crippen LogP contribution in [0.5, 0.6) is 0 Å². The zero-order valence-corrected chi connectivity index (χ0v) is 15.7. The summed E-state index contributed by atoms with van der Waals surface area (Å²) >= 11 is 0. The molecule has 1 saturated carbocycles. The molecule has 3 aliphatic rings. The summed E-state index contributed by atoms with van der Waals surface area (Å²) in [7, 11) is 0. The molecule has 1 aromatic rings. The highest BCUT2D eigenvalue weighted by molar-refractivity contribution is 6.08. The molecular weight excluding hydrogens is 333 g/mol. The Morgan fingerprint density at radius 1 is 1.31 bits per heavy atom. The molecule has 1 saturated heterocycles. The topological polar surface area (TPSA) is 61.7 Å². The number of aromatic nitrogens is 2. The first-order valence-corrected chi connectivity index (χ1v) is 9.57. The van der Waals surface area contributed by atoms with E-state index in [1.165, 1.54) is 12.4 Å². The summed E-state index contributed by atoms with van der Waals surface area (Å²) in [4.78, 5) is 30.6. The molecule has 1 spiro atoms. The van der Waals surface area contributed by atoms with Gasteiger partial charge in [0.05, 0.1) is 12.4 Å². The van der Waals surface area contributed by atoms with Crippen LogP contribution in [0.15, 0.2) is 17.4 Å². The third-order valence-corrected chi connectivity index (χ3v) is 5.96. The molecule has 4 rings (SSSR count). The minimum atomic E-state index is -0.611. The van der Waals surface area contributed by atoms with Crippen molar-refractivity contribution in [2.45, 2.75) is 45.6 Å². The lowest BCUT2D eigenvalue weighted by atomic mass is 9.85. The van der Waals surface area contributed by atoms with Gasteiger partial charge >= 0.3 is 0 Å². The highest BCUT2D eigenvalue weighted by Crippen LogP contribution is 2.50. The highest BCUT2D eigenvalue weighted by Gasteiger charge is 2.61. The average molecular weight is 359 g/mol. The number of amidine groups is 1. The van der Waals surface area contributed by atoms with Gasteiger partial charge in [0.15, 0.2) is 5.82 Å². The number of hydrogen-bond acceptors (Lipinski definition) is 5. The molecule has 1 amide bonds.